The molecule has 0 aromatic carbocycles. The molecule has 18 heavy (non-hydrogen) atoms. The van der Waals surface area contributed by atoms with Crippen LogP contribution in [0, 0.1) is 11.8 Å². The van der Waals surface area contributed by atoms with E-state index in [9.17, 15) is 0 Å². The largest absolute Gasteiger partial charge is 0.337 e. The highest BCUT2D eigenvalue weighted by atomic mass is 79.9. The molecule has 1 heterocycles. The van der Waals surface area contributed by atoms with Gasteiger partial charge in [0.25, 0.3) is 0 Å². The van der Waals surface area contributed by atoms with Gasteiger partial charge in [0.15, 0.2) is 0 Å². The molecule has 0 amide bonds. The van der Waals surface area contributed by atoms with Crippen LogP contribution in [0.3, 0.4) is 0 Å². The summed E-state index contributed by atoms with van der Waals surface area (Å²) in [6.45, 7) is 10.2. The lowest BCUT2D eigenvalue weighted by molar-refractivity contribution is 0.210. The first-order valence-electron chi connectivity index (χ1n) is 7.11. The number of nitrogens with zero attached hydrogens (tertiary/aromatic N) is 2. The lowest BCUT2D eigenvalue weighted by Crippen LogP contribution is -2.38. The zero-order valence-corrected chi connectivity index (χ0v) is 13.6. The minimum absolute atomic E-state index is 0.161. The Kier molecular flexibility index (Phi) is 4.20. The van der Waals surface area contributed by atoms with E-state index >= 15 is 0 Å². The highest BCUT2D eigenvalue weighted by Crippen LogP contribution is 2.44. The molecule has 2 nitrogen and oxygen atoms in total. The maximum Gasteiger partial charge on any atom is 0.0949 e. The predicted octanol–water partition coefficient (Wildman–Crippen LogP) is 4.38. The van der Waals surface area contributed by atoms with Crippen LogP contribution in [-0.4, -0.2) is 14.4 Å². The molecule has 3 heteroatoms. The number of aromatic nitrogens is 2. The molecule has 0 aliphatic heterocycles. The molecule has 1 fully saturated rings. The number of aryl methyl sites for hydroxylation is 1. The van der Waals surface area contributed by atoms with E-state index in [1.165, 1.54) is 25.0 Å². The molecule has 1 saturated carbocycles. The van der Waals surface area contributed by atoms with Gasteiger partial charge in [0.2, 0.25) is 0 Å². The van der Waals surface area contributed by atoms with E-state index in [4.69, 9.17) is 0 Å². The van der Waals surface area contributed by atoms with Gasteiger partial charge < -0.3 is 4.57 Å². The number of halogens is 1. The normalized spacial score (nSPS) is 29.5. The summed E-state index contributed by atoms with van der Waals surface area (Å²) in [5, 5.41) is 0. The molecule has 0 N–H and O–H groups in total. The van der Waals surface area contributed by atoms with Gasteiger partial charge in [-0.15, -0.1) is 0 Å². The van der Waals surface area contributed by atoms with E-state index in [1.54, 1.807) is 0 Å². The van der Waals surface area contributed by atoms with Crippen LogP contribution in [-0.2, 0) is 12.0 Å². The van der Waals surface area contributed by atoms with Crippen LogP contribution in [0.1, 0.15) is 52.7 Å². The summed E-state index contributed by atoms with van der Waals surface area (Å²) in [5.41, 5.74) is 1.41. The van der Waals surface area contributed by atoms with Crippen molar-refractivity contribution in [1.82, 2.24) is 9.55 Å². The van der Waals surface area contributed by atoms with Crippen molar-refractivity contribution >= 4 is 15.9 Å². The molecule has 0 radical (unpaired) electrons. The van der Waals surface area contributed by atoms with Crippen LogP contribution in [0.2, 0.25) is 0 Å². The molecule has 0 spiro atoms. The predicted molar refractivity (Wildman–Crippen MR) is 80.1 cm³/mol. The maximum atomic E-state index is 4.63. The van der Waals surface area contributed by atoms with Gasteiger partial charge in [-0.25, -0.2) is 4.98 Å². The molecule has 1 aromatic rings. The molecule has 0 saturated heterocycles. The van der Waals surface area contributed by atoms with Crippen molar-refractivity contribution in [2.24, 2.45) is 11.8 Å². The van der Waals surface area contributed by atoms with E-state index in [0.29, 0.717) is 10.7 Å². The van der Waals surface area contributed by atoms with Crippen molar-refractivity contribution in [2.45, 2.75) is 63.7 Å². The Balaban J connectivity index is 2.19. The van der Waals surface area contributed by atoms with Crippen molar-refractivity contribution in [3.8, 4) is 0 Å². The first-order valence-corrected chi connectivity index (χ1v) is 8.03. The van der Waals surface area contributed by atoms with Crippen molar-refractivity contribution in [3.05, 3.63) is 18.2 Å². The summed E-state index contributed by atoms with van der Waals surface area (Å²) in [5.74, 6) is 1.54. The van der Waals surface area contributed by atoms with Gasteiger partial charge in [-0.1, -0.05) is 43.1 Å². The monoisotopic (exact) mass is 312 g/mol. The standard InChI is InChI=1S/C15H25BrN2/c1-5-18-9-14(17-10-18)15(3,4)12-7-6-11(2)8-13(12)16/h9-13H,5-8H2,1-4H3. The Morgan fingerprint density at radius 3 is 2.72 bits per heavy atom. The number of hydrogen-bond acceptors (Lipinski definition) is 1. The quantitative estimate of drug-likeness (QED) is 0.757. The third-order valence-corrected chi connectivity index (χ3v) is 5.63. The maximum absolute atomic E-state index is 4.63. The van der Waals surface area contributed by atoms with Crippen molar-refractivity contribution < 1.29 is 0 Å². The van der Waals surface area contributed by atoms with Crippen molar-refractivity contribution in [1.29, 1.82) is 0 Å². The summed E-state index contributed by atoms with van der Waals surface area (Å²) in [7, 11) is 0. The first-order chi connectivity index (χ1) is 8.45. The van der Waals surface area contributed by atoms with Gasteiger partial charge in [-0.05, 0) is 31.6 Å². The highest BCUT2D eigenvalue weighted by molar-refractivity contribution is 9.09. The van der Waals surface area contributed by atoms with Crippen LogP contribution in [0.4, 0.5) is 0 Å². The smallest absolute Gasteiger partial charge is 0.0949 e. The van der Waals surface area contributed by atoms with Gasteiger partial charge in [-0.2, -0.15) is 0 Å². The van der Waals surface area contributed by atoms with Crippen molar-refractivity contribution in [2.75, 3.05) is 0 Å². The third-order valence-electron chi connectivity index (χ3n) is 4.62. The van der Waals surface area contributed by atoms with Gasteiger partial charge in [-0.3, -0.25) is 0 Å². The Morgan fingerprint density at radius 2 is 2.17 bits per heavy atom. The average Bonchev–Trinajstić information content (AvgIpc) is 2.77. The van der Waals surface area contributed by atoms with E-state index in [-0.39, 0.29) is 5.41 Å². The fourth-order valence-corrected chi connectivity index (χ4v) is 4.74. The Hall–Kier alpha value is -0.310. The summed E-state index contributed by atoms with van der Waals surface area (Å²) < 4.78 is 2.17. The first kappa shape index (κ1) is 14.1. The lowest BCUT2D eigenvalue weighted by Gasteiger charge is -2.41. The highest BCUT2D eigenvalue weighted by Gasteiger charge is 2.40. The zero-order valence-electron chi connectivity index (χ0n) is 12.0. The summed E-state index contributed by atoms with van der Waals surface area (Å²) in [4.78, 5) is 5.26. The lowest BCUT2D eigenvalue weighted by atomic mass is 9.67. The van der Waals surface area contributed by atoms with E-state index in [1.807, 2.05) is 6.33 Å². The Bertz CT molecular complexity index is 397. The summed E-state index contributed by atoms with van der Waals surface area (Å²) in [6, 6.07) is 0. The minimum Gasteiger partial charge on any atom is -0.337 e. The van der Waals surface area contributed by atoms with Crippen LogP contribution in [0.15, 0.2) is 12.5 Å². The zero-order chi connectivity index (χ0) is 13.3. The number of imidazole rings is 1. The fourth-order valence-electron chi connectivity index (χ4n) is 3.18. The van der Waals surface area contributed by atoms with Gasteiger partial charge in [0, 0.05) is 23.0 Å². The van der Waals surface area contributed by atoms with E-state index in [2.05, 4.69) is 59.4 Å². The second-order valence-corrected chi connectivity index (χ2v) is 7.53. The molecule has 3 unspecified atom stereocenters. The van der Waals surface area contributed by atoms with Gasteiger partial charge in [0.05, 0.1) is 12.0 Å². The number of rotatable bonds is 3. The molecule has 2 rings (SSSR count). The molecule has 3 atom stereocenters. The molecule has 102 valence electrons. The molecule has 0 bridgehead atoms. The Labute approximate surface area is 119 Å². The molecule has 1 aliphatic carbocycles. The van der Waals surface area contributed by atoms with E-state index in [0.717, 1.165) is 12.5 Å². The van der Waals surface area contributed by atoms with Gasteiger partial charge >= 0.3 is 0 Å². The van der Waals surface area contributed by atoms with Crippen LogP contribution >= 0.6 is 15.9 Å². The van der Waals surface area contributed by atoms with Crippen molar-refractivity contribution in [3.63, 3.8) is 0 Å². The number of alkyl halides is 1. The molecule has 1 aliphatic rings. The van der Waals surface area contributed by atoms with Crippen LogP contribution < -0.4 is 0 Å². The fraction of sp³-hybridized carbons (Fsp3) is 0.800. The molecular weight excluding hydrogens is 288 g/mol. The summed E-state index contributed by atoms with van der Waals surface area (Å²) in [6.07, 6.45) is 8.14. The molecule has 1 aromatic heterocycles. The second kappa shape index (κ2) is 5.36. The van der Waals surface area contributed by atoms with E-state index < -0.39 is 0 Å². The van der Waals surface area contributed by atoms with Gasteiger partial charge in [0.1, 0.15) is 0 Å². The molecular formula is C15H25BrN2. The number of hydrogen-bond donors (Lipinski definition) is 0. The summed E-state index contributed by atoms with van der Waals surface area (Å²) >= 11 is 3.92. The average molecular weight is 313 g/mol. The SMILES string of the molecule is CCn1cnc(C(C)(C)C2CCC(C)CC2Br)c1. The Morgan fingerprint density at radius 1 is 1.44 bits per heavy atom. The third kappa shape index (κ3) is 2.66. The second-order valence-electron chi connectivity index (χ2n) is 6.35. The minimum atomic E-state index is 0.161. The van der Waals surface area contributed by atoms with Crippen LogP contribution in [0.5, 0.6) is 0 Å². The topological polar surface area (TPSA) is 17.8 Å². The van der Waals surface area contributed by atoms with Crippen LogP contribution in [0.25, 0.3) is 0 Å².